The first-order chi connectivity index (χ1) is 9.15. The highest BCUT2D eigenvalue weighted by atomic mass is 17.1. The molecule has 9 heteroatoms. The number of hydrogen-bond donors (Lipinski definition) is 6. The van der Waals surface area contributed by atoms with Crippen LogP contribution in [0.4, 0.5) is 5.95 Å². The van der Waals surface area contributed by atoms with E-state index in [2.05, 4.69) is 25.2 Å². The zero-order chi connectivity index (χ0) is 13.8. The quantitative estimate of drug-likeness (QED) is 0.294. The fourth-order valence-electron chi connectivity index (χ4n) is 1.71. The van der Waals surface area contributed by atoms with E-state index < -0.39 is 6.04 Å². The van der Waals surface area contributed by atoms with Crippen molar-refractivity contribution < 1.29 is 20.4 Å². The van der Waals surface area contributed by atoms with E-state index in [0.29, 0.717) is 17.6 Å². The summed E-state index contributed by atoms with van der Waals surface area (Å²) in [5.74, 6) is -0.241. The van der Waals surface area contributed by atoms with Gasteiger partial charge >= 0.3 is 0 Å². The number of nitrogens with zero attached hydrogens (tertiary/aromatic N) is 2. The molecule has 0 aliphatic carbocycles. The van der Waals surface area contributed by atoms with Crippen molar-refractivity contribution in [3.63, 3.8) is 0 Å². The first kappa shape index (κ1) is 13.5. The van der Waals surface area contributed by atoms with Crippen molar-refractivity contribution in [2.75, 3.05) is 18.9 Å². The number of nitrogen functional groups attached to an aromatic ring is 1. The summed E-state index contributed by atoms with van der Waals surface area (Å²) < 4.78 is 0. The van der Waals surface area contributed by atoms with Crippen LogP contribution < -0.4 is 11.1 Å². The van der Waals surface area contributed by atoms with Crippen molar-refractivity contribution in [1.82, 2.24) is 20.3 Å². The third kappa shape index (κ3) is 2.90. The van der Waals surface area contributed by atoms with E-state index in [1.54, 1.807) is 6.20 Å². The third-order valence-corrected chi connectivity index (χ3v) is 2.68. The van der Waals surface area contributed by atoms with Gasteiger partial charge in [0.15, 0.2) is 0 Å². The van der Waals surface area contributed by atoms with Crippen LogP contribution in [-0.2, 0) is 11.4 Å². The Bertz CT molecular complexity index is 558. The minimum atomic E-state index is -0.414. The second-order valence-electron chi connectivity index (χ2n) is 4.00. The van der Waals surface area contributed by atoms with Gasteiger partial charge in [-0.3, -0.25) is 5.26 Å². The lowest BCUT2D eigenvalue weighted by molar-refractivity contribution is -0.248. The second-order valence-corrected chi connectivity index (χ2v) is 4.00. The van der Waals surface area contributed by atoms with Gasteiger partial charge in [0, 0.05) is 18.3 Å². The Labute approximate surface area is 108 Å². The molecule has 1 atom stereocenters. The number of fused-ring (bicyclic) bond motifs is 1. The highest BCUT2D eigenvalue weighted by Crippen LogP contribution is 2.23. The molecule has 0 aliphatic rings. The summed E-state index contributed by atoms with van der Waals surface area (Å²) in [4.78, 5) is 14.5. The van der Waals surface area contributed by atoms with Crippen LogP contribution in [0.3, 0.4) is 0 Å². The Morgan fingerprint density at radius 2 is 2.26 bits per heavy atom. The van der Waals surface area contributed by atoms with Gasteiger partial charge in [-0.1, -0.05) is 0 Å². The topological polar surface area (TPSA) is 150 Å². The summed E-state index contributed by atoms with van der Waals surface area (Å²) in [5, 5.41) is 29.9. The average molecular weight is 269 g/mol. The largest absolute Gasteiger partial charge is 0.492 e. The summed E-state index contributed by atoms with van der Waals surface area (Å²) in [6.45, 7) is 0.122. The van der Waals surface area contributed by atoms with E-state index in [9.17, 15) is 5.11 Å². The van der Waals surface area contributed by atoms with Crippen LogP contribution in [0.1, 0.15) is 5.56 Å². The van der Waals surface area contributed by atoms with Crippen molar-refractivity contribution in [2.45, 2.75) is 12.6 Å². The molecule has 9 nitrogen and oxygen atoms in total. The Balaban J connectivity index is 2.17. The van der Waals surface area contributed by atoms with Crippen LogP contribution in [0.2, 0.25) is 0 Å². The number of nitrogens with one attached hydrogen (secondary N) is 2. The van der Waals surface area contributed by atoms with Crippen molar-refractivity contribution in [1.29, 1.82) is 0 Å². The fourth-order valence-corrected chi connectivity index (χ4v) is 1.71. The van der Waals surface area contributed by atoms with Crippen LogP contribution in [-0.4, -0.2) is 49.7 Å². The molecule has 104 valence electrons. The number of anilines is 1. The zero-order valence-electron chi connectivity index (χ0n) is 10.00. The lowest BCUT2D eigenvalue weighted by Gasteiger charge is -2.13. The van der Waals surface area contributed by atoms with Crippen LogP contribution in [0.25, 0.3) is 11.0 Å². The summed E-state index contributed by atoms with van der Waals surface area (Å²) in [6.07, 6.45) is 1.65. The normalized spacial score (nSPS) is 12.9. The van der Waals surface area contributed by atoms with Crippen molar-refractivity contribution in [3.8, 4) is 5.88 Å². The maximum Gasteiger partial charge on any atom is 0.240 e. The molecule has 0 fully saturated rings. The molecule has 0 aromatic carbocycles. The Morgan fingerprint density at radius 3 is 2.95 bits per heavy atom. The number of rotatable bonds is 6. The van der Waals surface area contributed by atoms with Gasteiger partial charge < -0.3 is 26.2 Å². The summed E-state index contributed by atoms with van der Waals surface area (Å²) in [7, 11) is 0. The molecule has 2 heterocycles. The van der Waals surface area contributed by atoms with E-state index >= 15 is 0 Å². The molecule has 0 aliphatic heterocycles. The first-order valence-electron chi connectivity index (χ1n) is 5.58. The molecule has 19 heavy (non-hydrogen) atoms. The summed E-state index contributed by atoms with van der Waals surface area (Å²) >= 11 is 0. The standard InChI is InChI=1S/C10H15N5O4/c11-10-14-7-5(1-12-6(3-16)4-19-18)2-13-8(7)9(17)15-10/h2,6,12-13,16,18H,1,3-4H2,(H3,11,14,15,17)/t6-/m0/s1. The molecular weight excluding hydrogens is 254 g/mol. The SMILES string of the molecule is Nc1nc(O)c2[nH]cc(CN[C@@H](CO)COO)c2n1. The number of hydrogen-bond acceptors (Lipinski definition) is 8. The highest BCUT2D eigenvalue weighted by molar-refractivity contribution is 5.83. The van der Waals surface area contributed by atoms with Gasteiger partial charge in [0.1, 0.15) is 11.0 Å². The number of H-pyrrole nitrogens is 1. The molecule has 7 N–H and O–H groups in total. The van der Waals surface area contributed by atoms with Crippen molar-refractivity contribution in [3.05, 3.63) is 11.8 Å². The molecule has 0 unspecified atom stereocenters. The maximum atomic E-state index is 9.60. The lowest BCUT2D eigenvalue weighted by Crippen LogP contribution is -2.35. The maximum absolute atomic E-state index is 9.60. The van der Waals surface area contributed by atoms with Crippen LogP contribution in [0.5, 0.6) is 5.88 Å². The first-order valence-corrected chi connectivity index (χ1v) is 5.58. The van der Waals surface area contributed by atoms with E-state index in [1.165, 1.54) is 0 Å². The van der Waals surface area contributed by atoms with Crippen molar-refractivity contribution in [2.24, 2.45) is 0 Å². The number of aliphatic hydroxyl groups excluding tert-OH is 1. The monoisotopic (exact) mass is 269 g/mol. The molecule has 0 saturated heterocycles. The Hall–Kier alpha value is -1.94. The number of aromatic nitrogens is 3. The van der Waals surface area contributed by atoms with Gasteiger partial charge in [-0.25, -0.2) is 9.87 Å². The molecule has 0 amide bonds. The highest BCUT2D eigenvalue weighted by Gasteiger charge is 2.13. The molecule has 0 spiro atoms. The van der Waals surface area contributed by atoms with Gasteiger partial charge in [0.2, 0.25) is 11.8 Å². The molecule has 0 bridgehead atoms. The lowest BCUT2D eigenvalue weighted by atomic mass is 10.2. The van der Waals surface area contributed by atoms with Gasteiger partial charge in [0.25, 0.3) is 0 Å². The summed E-state index contributed by atoms with van der Waals surface area (Å²) in [5.41, 5.74) is 7.11. The number of aromatic amines is 1. The van der Waals surface area contributed by atoms with Crippen LogP contribution in [0, 0.1) is 0 Å². The Kier molecular flexibility index (Phi) is 4.12. The molecule has 2 aromatic rings. The fraction of sp³-hybridized carbons (Fsp3) is 0.400. The van der Waals surface area contributed by atoms with E-state index in [4.69, 9.17) is 16.1 Å². The van der Waals surface area contributed by atoms with Gasteiger partial charge in [0.05, 0.1) is 19.3 Å². The predicted molar refractivity (Wildman–Crippen MR) is 66.3 cm³/mol. The predicted octanol–water partition coefficient (Wildman–Crippen LogP) is -0.814. The minimum absolute atomic E-state index is 0.0248. The van der Waals surface area contributed by atoms with Crippen molar-refractivity contribution >= 4 is 17.0 Å². The van der Waals surface area contributed by atoms with Gasteiger partial charge in [-0.05, 0) is 0 Å². The molecule has 0 saturated carbocycles. The summed E-state index contributed by atoms with van der Waals surface area (Å²) in [6, 6.07) is -0.414. The molecule has 2 aromatic heterocycles. The van der Waals surface area contributed by atoms with Crippen LogP contribution in [0.15, 0.2) is 6.20 Å². The average Bonchev–Trinajstić information content (AvgIpc) is 2.78. The Morgan fingerprint density at radius 1 is 1.47 bits per heavy atom. The second kappa shape index (κ2) is 5.80. The van der Waals surface area contributed by atoms with E-state index in [0.717, 1.165) is 5.56 Å². The number of aromatic hydroxyl groups is 1. The zero-order valence-corrected chi connectivity index (χ0v) is 10.00. The number of aliphatic hydroxyl groups is 1. The van der Waals surface area contributed by atoms with E-state index in [-0.39, 0.29) is 25.0 Å². The molecular formula is C10H15N5O4. The van der Waals surface area contributed by atoms with E-state index in [1.807, 2.05) is 0 Å². The minimum Gasteiger partial charge on any atom is -0.492 e. The van der Waals surface area contributed by atoms with Gasteiger partial charge in [-0.2, -0.15) is 4.98 Å². The van der Waals surface area contributed by atoms with Gasteiger partial charge in [-0.15, -0.1) is 0 Å². The number of nitrogens with two attached hydrogens (primary N) is 1. The smallest absolute Gasteiger partial charge is 0.240 e. The molecule has 0 radical (unpaired) electrons. The molecule has 2 rings (SSSR count). The third-order valence-electron chi connectivity index (χ3n) is 2.68. The van der Waals surface area contributed by atoms with Crippen LogP contribution >= 0.6 is 0 Å².